The smallest absolute Gasteiger partial charge is 0.272 e. The Labute approximate surface area is 191 Å². The average Bonchev–Trinajstić information content (AvgIpc) is 3.45. The summed E-state index contributed by atoms with van der Waals surface area (Å²) < 4.78 is 31.6. The Kier molecular flexibility index (Phi) is 6.28. The molecule has 1 amide bonds. The Bertz CT molecular complexity index is 1340. The molecule has 0 atom stereocenters. The van der Waals surface area contributed by atoms with Crippen LogP contribution in [0.1, 0.15) is 16.2 Å². The van der Waals surface area contributed by atoms with E-state index >= 15 is 0 Å². The first-order chi connectivity index (χ1) is 15.3. The second-order valence-electron chi connectivity index (χ2n) is 6.47. The van der Waals surface area contributed by atoms with E-state index in [0.717, 1.165) is 15.6 Å². The Morgan fingerprint density at radius 3 is 2.56 bits per heavy atom. The summed E-state index contributed by atoms with van der Waals surface area (Å²) in [6.45, 7) is -0.172. The molecule has 0 fully saturated rings. The van der Waals surface area contributed by atoms with Crippen molar-refractivity contribution in [1.82, 2.24) is 24.6 Å². The fraction of sp³-hybridized carbons (Fsp3) is 0.105. The molecule has 32 heavy (non-hydrogen) atoms. The third-order valence-corrected chi connectivity index (χ3v) is 7.46. The molecule has 164 valence electrons. The van der Waals surface area contributed by atoms with Crippen molar-refractivity contribution in [3.05, 3.63) is 71.1 Å². The van der Waals surface area contributed by atoms with Crippen LogP contribution in [0.15, 0.2) is 63.5 Å². The van der Waals surface area contributed by atoms with Crippen molar-refractivity contribution >= 4 is 44.0 Å². The number of anilines is 1. The summed E-state index contributed by atoms with van der Waals surface area (Å²) in [5, 5.41) is 14.5. The summed E-state index contributed by atoms with van der Waals surface area (Å²) in [4.78, 5) is 16.4. The third kappa shape index (κ3) is 4.83. The summed E-state index contributed by atoms with van der Waals surface area (Å²) in [7, 11) is -2.64. The fourth-order valence-corrected chi connectivity index (χ4v) is 4.90. The molecule has 0 spiro atoms. The lowest BCUT2D eigenvalue weighted by Crippen LogP contribution is -2.26. The van der Waals surface area contributed by atoms with Gasteiger partial charge in [-0.2, -0.15) is 9.29 Å². The van der Waals surface area contributed by atoms with Crippen LogP contribution in [0.5, 0.6) is 0 Å². The maximum atomic E-state index is 12.8. The summed E-state index contributed by atoms with van der Waals surface area (Å²) in [5.41, 5.74) is 1.09. The second-order valence-corrected chi connectivity index (χ2v) is 10.1. The van der Waals surface area contributed by atoms with Gasteiger partial charge in [-0.1, -0.05) is 46.3 Å². The van der Waals surface area contributed by atoms with Crippen molar-refractivity contribution < 1.29 is 17.7 Å². The van der Waals surface area contributed by atoms with E-state index in [2.05, 4.69) is 25.7 Å². The third-order valence-electron chi connectivity index (χ3n) is 4.22. The van der Waals surface area contributed by atoms with Crippen molar-refractivity contribution in [2.75, 3.05) is 12.4 Å². The Morgan fingerprint density at radius 1 is 1.12 bits per heavy atom. The fourth-order valence-electron chi connectivity index (χ4n) is 2.57. The van der Waals surface area contributed by atoms with Gasteiger partial charge in [0.25, 0.3) is 15.9 Å². The van der Waals surface area contributed by atoms with Crippen LogP contribution >= 0.6 is 22.9 Å². The van der Waals surface area contributed by atoms with Gasteiger partial charge >= 0.3 is 0 Å². The number of carbonyl (C=O) groups excluding carboxylic acids is 1. The van der Waals surface area contributed by atoms with Crippen LogP contribution in [0.25, 0.3) is 11.4 Å². The Morgan fingerprint density at radius 2 is 1.84 bits per heavy atom. The summed E-state index contributed by atoms with van der Waals surface area (Å²) in [6.07, 6.45) is 0. The van der Waals surface area contributed by atoms with E-state index in [9.17, 15) is 13.2 Å². The highest BCUT2D eigenvalue weighted by atomic mass is 35.5. The molecule has 10 nitrogen and oxygen atoms in total. The molecular formula is C19H15ClN6O4S2. The highest BCUT2D eigenvalue weighted by Gasteiger charge is 2.28. The quantitative estimate of drug-likeness (QED) is 0.390. The molecule has 4 aromatic rings. The number of carbonyl (C=O) groups is 1. The van der Waals surface area contributed by atoms with E-state index in [1.165, 1.54) is 7.05 Å². The molecule has 0 bridgehead atoms. The lowest BCUT2D eigenvalue weighted by atomic mass is 10.2. The van der Waals surface area contributed by atoms with E-state index in [4.69, 9.17) is 16.1 Å². The van der Waals surface area contributed by atoms with Crippen LogP contribution in [0.2, 0.25) is 5.02 Å². The minimum atomic E-state index is -4.00. The molecule has 0 aliphatic carbocycles. The molecule has 0 unspecified atom stereocenters. The zero-order chi connectivity index (χ0) is 22.7. The van der Waals surface area contributed by atoms with Crippen LogP contribution < -0.4 is 5.32 Å². The van der Waals surface area contributed by atoms with Gasteiger partial charge in [0.1, 0.15) is 0 Å². The Hall–Kier alpha value is -3.19. The molecule has 0 saturated heterocycles. The van der Waals surface area contributed by atoms with E-state index in [0.29, 0.717) is 22.0 Å². The van der Waals surface area contributed by atoms with Gasteiger partial charge in [0, 0.05) is 23.2 Å². The lowest BCUT2D eigenvalue weighted by molar-refractivity contribution is 0.102. The van der Waals surface area contributed by atoms with Crippen LogP contribution in [-0.4, -0.2) is 46.0 Å². The number of rotatable bonds is 7. The van der Waals surface area contributed by atoms with Gasteiger partial charge in [0.2, 0.25) is 21.2 Å². The van der Waals surface area contributed by atoms with Crippen molar-refractivity contribution in [3.8, 4) is 11.4 Å². The van der Waals surface area contributed by atoms with E-state index in [1.54, 1.807) is 54.6 Å². The van der Waals surface area contributed by atoms with Crippen molar-refractivity contribution in [3.63, 3.8) is 0 Å². The first-order valence-electron chi connectivity index (χ1n) is 9.08. The number of nitrogens with one attached hydrogen (secondary N) is 1. The number of nitrogens with zero attached hydrogens (tertiary/aromatic N) is 5. The number of amides is 1. The van der Waals surface area contributed by atoms with Gasteiger partial charge in [0.05, 0.1) is 6.54 Å². The predicted molar refractivity (Wildman–Crippen MR) is 118 cm³/mol. The summed E-state index contributed by atoms with van der Waals surface area (Å²) >= 11 is 6.61. The molecule has 13 heteroatoms. The standard InChI is InChI=1S/C19H15ClN6O4S2/c1-26(11-15-21-16(25-30-15)12-7-9-14(20)10-8-12)32(28,29)19-24-23-18(31-19)22-17(27)13-5-3-2-4-6-13/h2-10H,11H2,1H3,(H,22,23,27). The van der Waals surface area contributed by atoms with Crippen LogP contribution in [0, 0.1) is 0 Å². The molecule has 0 saturated carbocycles. The largest absolute Gasteiger partial charge is 0.338 e. The van der Waals surface area contributed by atoms with Gasteiger partial charge in [-0.05, 0) is 36.4 Å². The zero-order valence-electron chi connectivity index (χ0n) is 16.5. The minimum absolute atomic E-state index is 0.0636. The normalized spacial score (nSPS) is 11.6. The Balaban J connectivity index is 1.44. The number of hydrogen-bond acceptors (Lipinski definition) is 9. The van der Waals surface area contributed by atoms with E-state index in [1.807, 2.05) is 0 Å². The molecule has 4 rings (SSSR count). The number of sulfonamides is 1. The monoisotopic (exact) mass is 490 g/mol. The van der Waals surface area contributed by atoms with Crippen molar-refractivity contribution in [2.24, 2.45) is 0 Å². The molecule has 2 aromatic carbocycles. The molecular weight excluding hydrogens is 476 g/mol. The number of halogens is 1. The minimum Gasteiger partial charge on any atom is -0.338 e. The lowest BCUT2D eigenvalue weighted by Gasteiger charge is -2.11. The second kappa shape index (κ2) is 9.12. The number of aromatic nitrogens is 4. The van der Waals surface area contributed by atoms with Gasteiger partial charge in [-0.3, -0.25) is 10.1 Å². The average molecular weight is 491 g/mol. The van der Waals surface area contributed by atoms with Crippen LogP contribution in [0.4, 0.5) is 5.13 Å². The van der Waals surface area contributed by atoms with Crippen molar-refractivity contribution in [2.45, 2.75) is 10.9 Å². The molecule has 0 aliphatic heterocycles. The van der Waals surface area contributed by atoms with Gasteiger partial charge in [-0.25, -0.2) is 8.42 Å². The molecule has 2 heterocycles. The number of benzene rings is 2. The van der Waals surface area contributed by atoms with Crippen LogP contribution in [-0.2, 0) is 16.6 Å². The van der Waals surface area contributed by atoms with Gasteiger partial charge < -0.3 is 4.52 Å². The van der Waals surface area contributed by atoms with E-state index < -0.39 is 15.9 Å². The molecule has 1 N–H and O–H groups in total. The first-order valence-corrected chi connectivity index (χ1v) is 11.7. The molecule has 2 aromatic heterocycles. The topological polar surface area (TPSA) is 131 Å². The summed E-state index contributed by atoms with van der Waals surface area (Å²) in [5.74, 6) is -0.00734. The highest BCUT2D eigenvalue weighted by Crippen LogP contribution is 2.25. The first kappa shape index (κ1) is 22.0. The maximum absolute atomic E-state index is 12.8. The summed E-state index contributed by atoms with van der Waals surface area (Å²) in [6, 6.07) is 15.3. The molecule has 0 radical (unpaired) electrons. The number of hydrogen-bond donors (Lipinski definition) is 1. The maximum Gasteiger partial charge on any atom is 0.272 e. The van der Waals surface area contributed by atoms with Crippen LogP contribution in [0.3, 0.4) is 0 Å². The zero-order valence-corrected chi connectivity index (χ0v) is 18.9. The molecule has 0 aliphatic rings. The highest BCUT2D eigenvalue weighted by molar-refractivity contribution is 7.91. The predicted octanol–water partition coefficient (Wildman–Crippen LogP) is 3.31. The van der Waals surface area contributed by atoms with Gasteiger partial charge in [-0.15, -0.1) is 10.2 Å². The van der Waals surface area contributed by atoms with Gasteiger partial charge in [0.15, 0.2) is 0 Å². The van der Waals surface area contributed by atoms with Crippen molar-refractivity contribution in [1.29, 1.82) is 0 Å². The SMILES string of the molecule is CN(Cc1nc(-c2ccc(Cl)cc2)no1)S(=O)(=O)c1nnc(NC(=O)c2ccccc2)s1. The van der Waals surface area contributed by atoms with E-state index in [-0.39, 0.29) is 21.9 Å².